The number of benzene rings is 9. The van der Waals surface area contributed by atoms with Gasteiger partial charge in [0.1, 0.15) is 0 Å². The van der Waals surface area contributed by atoms with Gasteiger partial charge in [0, 0.05) is 42.7 Å². The monoisotopic (exact) mass is 742 g/mol. The van der Waals surface area contributed by atoms with Gasteiger partial charge in [0.2, 0.25) is 0 Å². The molecule has 0 unspecified atom stereocenters. The molecule has 0 aliphatic rings. The maximum absolute atomic E-state index is 2.46. The van der Waals surface area contributed by atoms with E-state index >= 15 is 0 Å². The summed E-state index contributed by atoms with van der Waals surface area (Å²) >= 11 is 1.88. The number of para-hydroxylation sites is 2. The topological polar surface area (TPSA) is 9.86 Å². The number of hydrogen-bond donors (Lipinski definition) is 0. The minimum absolute atomic E-state index is 1.16. The Morgan fingerprint density at radius 3 is 1.46 bits per heavy atom. The lowest BCUT2D eigenvalue weighted by atomic mass is 9.98. The van der Waals surface area contributed by atoms with E-state index in [2.05, 4.69) is 215 Å². The Morgan fingerprint density at radius 1 is 0.281 bits per heavy atom. The van der Waals surface area contributed by atoms with E-state index in [1.807, 2.05) is 11.3 Å². The van der Waals surface area contributed by atoms with Gasteiger partial charge in [-0.3, -0.25) is 0 Å². The van der Waals surface area contributed by atoms with E-state index in [0.29, 0.717) is 0 Å². The van der Waals surface area contributed by atoms with Gasteiger partial charge in [0.15, 0.2) is 0 Å². The zero-order chi connectivity index (χ0) is 37.5. The van der Waals surface area contributed by atoms with Crippen LogP contribution in [0.4, 0.5) is 0 Å². The van der Waals surface area contributed by atoms with Gasteiger partial charge in [0.05, 0.1) is 32.5 Å². The largest absolute Gasteiger partial charge is 0.309 e. The number of thiophene rings is 1. The summed E-state index contributed by atoms with van der Waals surface area (Å²) in [5.41, 5.74) is 14.5. The van der Waals surface area contributed by atoms with Gasteiger partial charge in [-0.05, 0) is 94.0 Å². The Balaban J connectivity index is 0.932. The highest BCUT2D eigenvalue weighted by Crippen LogP contribution is 2.42. The van der Waals surface area contributed by atoms with Gasteiger partial charge in [-0.1, -0.05) is 146 Å². The van der Waals surface area contributed by atoms with Gasteiger partial charge in [-0.25, -0.2) is 0 Å². The standard InChI is InChI=1S/C54H34N2S/c1-2-12-35(13-3-1)38-14-10-15-41(32-38)55-48-20-7-4-16-42(48)46-33-39(28-30-50(46)55)36-24-26-37(27-25-36)40-29-31-51-47(34-40)43-17-5-8-21-49(43)56(51)52-22-11-19-45-44-18-6-9-23-53(44)57-54(45)52/h1-34H. The molecular weight excluding hydrogens is 709 g/mol. The van der Waals surface area contributed by atoms with E-state index in [1.165, 1.54) is 103 Å². The molecule has 9 aromatic carbocycles. The third kappa shape index (κ3) is 5.03. The summed E-state index contributed by atoms with van der Waals surface area (Å²) in [6.07, 6.45) is 0. The smallest absolute Gasteiger partial charge is 0.0640 e. The minimum Gasteiger partial charge on any atom is -0.309 e. The molecule has 0 atom stereocenters. The van der Waals surface area contributed by atoms with E-state index in [1.54, 1.807) is 0 Å². The molecule has 2 nitrogen and oxygen atoms in total. The lowest BCUT2D eigenvalue weighted by molar-refractivity contribution is 1.18. The van der Waals surface area contributed by atoms with Crippen molar-refractivity contribution < 1.29 is 0 Å². The Hall–Kier alpha value is -7.20. The quantitative estimate of drug-likeness (QED) is 0.166. The van der Waals surface area contributed by atoms with Gasteiger partial charge >= 0.3 is 0 Å². The van der Waals surface area contributed by atoms with Crippen LogP contribution in [0.15, 0.2) is 206 Å². The number of hydrogen-bond acceptors (Lipinski definition) is 1. The van der Waals surface area contributed by atoms with E-state index in [-0.39, 0.29) is 0 Å². The van der Waals surface area contributed by atoms with E-state index in [9.17, 15) is 0 Å². The summed E-state index contributed by atoms with van der Waals surface area (Å²) in [5.74, 6) is 0. The summed E-state index contributed by atoms with van der Waals surface area (Å²) in [6.45, 7) is 0. The van der Waals surface area contributed by atoms with Crippen LogP contribution >= 0.6 is 11.3 Å². The van der Waals surface area contributed by atoms with Crippen molar-refractivity contribution in [3.05, 3.63) is 206 Å². The molecule has 0 saturated carbocycles. The molecule has 3 heteroatoms. The van der Waals surface area contributed by atoms with Crippen molar-refractivity contribution >= 4 is 75.1 Å². The SMILES string of the molecule is c1ccc(-c2cccc(-n3c4ccccc4c4cc(-c5ccc(-c6ccc7c(c6)c6ccccc6n7-c6cccc7c6sc6ccccc67)cc5)ccc43)c2)cc1. The summed E-state index contributed by atoms with van der Waals surface area (Å²) in [4.78, 5) is 0. The second-order valence-electron chi connectivity index (χ2n) is 14.9. The third-order valence-corrected chi connectivity index (χ3v) is 12.9. The Labute approximate surface area is 333 Å². The predicted molar refractivity (Wildman–Crippen MR) is 244 cm³/mol. The number of aromatic nitrogens is 2. The number of nitrogens with zero attached hydrogens (tertiary/aromatic N) is 2. The summed E-state index contributed by atoms with van der Waals surface area (Å²) in [6, 6.07) is 75.6. The molecule has 57 heavy (non-hydrogen) atoms. The fourth-order valence-electron chi connectivity index (χ4n) is 9.06. The molecule has 12 aromatic rings. The molecule has 266 valence electrons. The van der Waals surface area contributed by atoms with Crippen LogP contribution in [0.5, 0.6) is 0 Å². The Kier molecular flexibility index (Phi) is 7.13. The zero-order valence-corrected chi connectivity index (χ0v) is 31.7. The van der Waals surface area contributed by atoms with E-state index < -0.39 is 0 Å². The number of rotatable bonds is 5. The first-order valence-corrected chi connectivity index (χ1v) is 20.3. The van der Waals surface area contributed by atoms with Gasteiger partial charge in [-0.15, -0.1) is 11.3 Å². The maximum Gasteiger partial charge on any atom is 0.0640 e. The van der Waals surface area contributed by atoms with Crippen LogP contribution in [0.2, 0.25) is 0 Å². The van der Waals surface area contributed by atoms with Crippen LogP contribution in [0.1, 0.15) is 0 Å². The van der Waals surface area contributed by atoms with Crippen molar-refractivity contribution in [3.63, 3.8) is 0 Å². The van der Waals surface area contributed by atoms with Crippen molar-refractivity contribution in [1.82, 2.24) is 9.13 Å². The van der Waals surface area contributed by atoms with Crippen LogP contribution < -0.4 is 0 Å². The van der Waals surface area contributed by atoms with Crippen LogP contribution in [-0.4, -0.2) is 9.13 Å². The predicted octanol–water partition coefficient (Wildman–Crippen LogP) is 15.2. The highest BCUT2D eigenvalue weighted by molar-refractivity contribution is 7.26. The van der Waals surface area contributed by atoms with Gasteiger partial charge in [-0.2, -0.15) is 0 Å². The van der Waals surface area contributed by atoms with Gasteiger partial charge in [0.25, 0.3) is 0 Å². The first-order chi connectivity index (χ1) is 28.3. The minimum atomic E-state index is 1.16. The molecule has 0 aliphatic heterocycles. The molecule has 0 aliphatic carbocycles. The molecule has 0 N–H and O–H groups in total. The number of fused-ring (bicyclic) bond motifs is 9. The normalized spacial score (nSPS) is 11.9. The van der Waals surface area contributed by atoms with Crippen LogP contribution in [0.3, 0.4) is 0 Å². The summed E-state index contributed by atoms with van der Waals surface area (Å²) in [5, 5.41) is 7.68. The fourth-order valence-corrected chi connectivity index (χ4v) is 10.3. The molecule has 3 aromatic heterocycles. The summed E-state index contributed by atoms with van der Waals surface area (Å²) in [7, 11) is 0. The van der Waals surface area contributed by atoms with Crippen molar-refractivity contribution in [2.45, 2.75) is 0 Å². The molecule has 12 rings (SSSR count). The highest BCUT2D eigenvalue weighted by atomic mass is 32.1. The van der Waals surface area contributed by atoms with Crippen LogP contribution in [-0.2, 0) is 0 Å². The second-order valence-corrected chi connectivity index (χ2v) is 16.0. The molecular formula is C54H34N2S. The molecule has 0 spiro atoms. The lowest BCUT2D eigenvalue weighted by Crippen LogP contribution is -1.94. The summed E-state index contributed by atoms with van der Waals surface area (Å²) < 4.78 is 7.51. The average Bonchev–Trinajstić information content (AvgIpc) is 3.94. The fraction of sp³-hybridized carbons (Fsp3) is 0. The van der Waals surface area contributed by atoms with E-state index in [4.69, 9.17) is 0 Å². The molecule has 0 fully saturated rings. The van der Waals surface area contributed by atoms with Crippen LogP contribution in [0, 0.1) is 0 Å². The molecule has 0 radical (unpaired) electrons. The Bertz CT molecular complexity index is 3510. The first-order valence-electron chi connectivity index (χ1n) is 19.5. The first kappa shape index (κ1) is 32.1. The average molecular weight is 743 g/mol. The van der Waals surface area contributed by atoms with Crippen LogP contribution in [0.25, 0.3) is 109 Å². The van der Waals surface area contributed by atoms with Gasteiger partial charge < -0.3 is 9.13 Å². The second kappa shape index (κ2) is 12.7. The molecule has 0 amide bonds. The maximum atomic E-state index is 2.46. The highest BCUT2D eigenvalue weighted by Gasteiger charge is 2.18. The van der Waals surface area contributed by atoms with Crippen molar-refractivity contribution in [1.29, 1.82) is 0 Å². The lowest BCUT2D eigenvalue weighted by Gasteiger charge is -2.11. The van der Waals surface area contributed by atoms with E-state index in [0.717, 1.165) is 5.69 Å². The van der Waals surface area contributed by atoms with Crippen molar-refractivity contribution in [3.8, 4) is 44.8 Å². The molecule has 0 saturated heterocycles. The molecule has 3 heterocycles. The van der Waals surface area contributed by atoms with Crippen molar-refractivity contribution in [2.75, 3.05) is 0 Å². The third-order valence-electron chi connectivity index (χ3n) is 11.7. The Morgan fingerprint density at radius 2 is 0.754 bits per heavy atom. The zero-order valence-electron chi connectivity index (χ0n) is 30.9. The molecule has 0 bridgehead atoms. The van der Waals surface area contributed by atoms with Crippen molar-refractivity contribution in [2.24, 2.45) is 0 Å².